The fraction of sp³-hybridized carbons (Fsp3) is 0.846. The van der Waals surface area contributed by atoms with Crippen LogP contribution in [0.3, 0.4) is 0 Å². The van der Waals surface area contributed by atoms with Gasteiger partial charge >= 0.3 is 0 Å². The van der Waals surface area contributed by atoms with Gasteiger partial charge in [0.1, 0.15) is 0 Å². The Bertz CT molecular complexity index is 242. The molecule has 0 bridgehead atoms. The van der Waals surface area contributed by atoms with Crippen molar-refractivity contribution in [3.05, 3.63) is 0 Å². The topological polar surface area (TPSA) is 49.4 Å². The Morgan fingerprint density at radius 3 is 2.41 bits per heavy atom. The van der Waals surface area contributed by atoms with E-state index >= 15 is 0 Å². The van der Waals surface area contributed by atoms with E-state index in [-0.39, 0.29) is 24.3 Å². The fourth-order valence-corrected chi connectivity index (χ4v) is 1.56. The van der Waals surface area contributed by atoms with Crippen LogP contribution in [0.15, 0.2) is 0 Å². The standard InChI is InChI=1S/C13H26N2O2/c1-5-7-9-15(4)12(16)10-14-13(17)11(3)8-6-2/h11H,5-10H2,1-4H3,(H,14,17)/t11-/m1/s1. The largest absolute Gasteiger partial charge is 0.347 e. The van der Waals surface area contributed by atoms with Crippen LogP contribution in [0.2, 0.25) is 0 Å². The summed E-state index contributed by atoms with van der Waals surface area (Å²) in [5, 5.41) is 2.69. The lowest BCUT2D eigenvalue weighted by Crippen LogP contribution is -2.40. The Morgan fingerprint density at radius 2 is 1.88 bits per heavy atom. The highest BCUT2D eigenvalue weighted by atomic mass is 16.2. The molecule has 2 amide bonds. The summed E-state index contributed by atoms with van der Waals surface area (Å²) < 4.78 is 0. The van der Waals surface area contributed by atoms with Crippen molar-refractivity contribution in [2.45, 2.75) is 46.5 Å². The summed E-state index contributed by atoms with van der Waals surface area (Å²) in [7, 11) is 1.78. The zero-order chi connectivity index (χ0) is 13.3. The van der Waals surface area contributed by atoms with Crippen molar-refractivity contribution < 1.29 is 9.59 Å². The van der Waals surface area contributed by atoms with Gasteiger partial charge in [-0.1, -0.05) is 33.6 Å². The first-order valence-corrected chi connectivity index (χ1v) is 6.54. The molecule has 0 radical (unpaired) electrons. The average Bonchev–Trinajstić information content (AvgIpc) is 2.32. The first kappa shape index (κ1) is 15.9. The smallest absolute Gasteiger partial charge is 0.241 e. The number of unbranched alkanes of at least 4 members (excludes halogenated alkanes) is 1. The molecule has 4 heteroatoms. The number of carbonyl (C=O) groups is 2. The molecule has 0 fully saturated rings. The molecule has 0 unspecified atom stereocenters. The summed E-state index contributed by atoms with van der Waals surface area (Å²) in [6, 6.07) is 0. The second kappa shape index (κ2) is 9.02. The summed E-state index contributed by atoms with van der Waals surface area (Å²) in [6.07, 6.45) is 3.92. The molecule has 0 aromatic rings. The van der Waals surface area contributed by atoms with Crippen LogP contribution in [0.5, 0.6) is 0 Å². The zero-order valence-electron chi connectivity index (χ0n) is 11.6. The van der Waals surface area contributed by atoms with Crippen molar-refractivity contribution in [2.75, 3.05) is 20.1 Å². The first-order valence-electron chi connectivity index (χ1n) is 6.54. The van der Waals surface area contributed by atoms with E-state index in [0.717, 1.165) is 32.2 Å². The van der Waals surface area contributed by atoms with Gasteiger partial charge in [0.05, 0.1) is 6.54 Å². The van der Waals surface area contributed by atoms with Crippen molar-refractivity contribution in [3.63, 3.8) is 0 Å². The lowest BCUT2D eigenvalue weighted by Gasteiger charge is -2.18. The minimum Gasteiger partial charge on any atom is -0.347 e. The van der Waals surface area contributed by atoms with E-state index in [1.807, 2.05) is 13.8 Å². The van der Waals surface area contributed by atoms with E-state index in [4.69, 9.17) is 0 Å². The Labute approximate surface area is 105 Å². The number of hydrogen-bond donors (Lipinski definition) is 1. The van der Waals surface area contributed by atoms with Crippen molar-refractivity contribution >= 4 is 11.8 Å². The van der Waals surface area contributed by atoms with Crippen LogP contribution < -0.4 is 5.32 Å². The normalized spacial score (nSPS) is 12.0. The number of hydrogen-bond acceptors (Lipinski definition) is 2. The molecule has 100 valence electrons. The number of carbonyl (C=O) groups excluding carboxylic acids is 2. The van der Waals surface area contributed by atoms with Crippen LogP contribution in [-0.2, 0) is 9.59 Å². The van der Waals surface area contributed by atoms with Gasteiger partial charge < -0.3 is 10.2 Å². The molecule has 0 saturated carbocycles. The van der Waals surface area contributed by atoms with Gasteiger partial charge in [-0.25, -0.2) is 0 Å². The van der Waals surface area contributed by atoms with E-state index in [1.165, 1.54) is 0 Å². The first-order chi connectivity index (χ1) is 8.02. The van der Waals surface area contributed by atoms with Crippen molar-refractivity contribution in [2.24, 2.45) is 5.92 Å². The van der Waals surface area contributed by atoms with E-state index in [1.54, 1.807) is 11.9 Å². The number of rotatable bonds is 8. The van der Waals surface area contributed by atoms with Crippen LogP contribution in [0.25, 0.3) is 0 Å². The minimum atomic E-state index is -0.0240. The van der Waals surface area contributed by atoms with Gasteiger partial charge in [-0.05, 0) is 12.8 Å². The molecular formula is C13H26N2O2. The summed E-state index contributed by atoms with van der Waals surface area (Å²) in [6.45, 7) is 6.91. The highest BCUT2D eigenvalue weighted by molar-refractivity contribution is 5.85. The molecule has 0 rings (SSSR count). The summed E-state index contributed by atoms with van der Waals surface area (Å²) in [5.74, 6) is -0.0478. The van der Waals surface area contributed by atoms with Gasteiger partial charge in [0.2, 0.25) is 11.8 Å². The van der Waals surface area contributed by atoms with E-state index in [2.05, 4.69) is 12.2 Å². The molecule has 0 saturated heterocycles. The minimum absolute atomic E-state index is 0.00579. The van der Waals surface area contributed by atoms with E-state index in [0.29, 0.717) is 0 Å². The van der Waals surface area contributed by atoms with Crippen molar-refractivity contribution in [1.82, 2.24) is 10.2 Å². The lowest BCUT2D eigenvalue weighted by atomic mass is 10.1. The van der Waals surface area contributed by atoms with Gasteiger partial charge in [-0.3, -0.25) is 9.59 Å². The second-order valence-corrected chi connectivity index (χ2v) is 4.58. The second-order valence-electron chi connectivity index (χ2n) is 4.58. The molecule has 0 aromatic carbocycles. The van der Waals surface area contributed by atoms with Crippen molar-refractivity contribution in [1.29, 1.82) is 0 Å². The number of amides is 2. The summed E-state index contributed by atoms with van der Waals surface area (Å²) in [5.41, 5.74) is 0. The maximum Gasteiger partial charge on any atom is 0.241 e. The van der Waals surface area contributed by atoms with E-state index < -0.39 is 0 Å². The highest BCUT2D eigenvalue weighted by Gasteiger charge is 2.14. The molecule has 17 heavy (non-hydrogen) atoms. The SMILES string of the molecule is CCCCN(C)C(=O)CNC(=O)[C@H](C)CCC. The Hall–Kier alpha value is -1.06. The zero-order valence-corrected chi connectivity index (χ0v) is 11.6. The van der Waals surface area contributed by atoms with Gasteiger partial charge in [0, 0.05) is 19.5 Å². The fourth-order valence-electron chi connectivity index (χ4n) is 1.56. The number of likely N-dealkylation sites (N-methyl/N-ethyl adjacent to an activating group) is 1. The molecule has 1 atom stereocenters. The summed E-state index contributed by atoms with van der Waals surface area (Å²) >= 11 is 0. The Morgan fingerprint density at radius 1 is 1.24 bits per heavy atom. The highest BCUT2D eigenvalue weighted by Crippen LogP contribution is 2.04. The molecule has 0 aliphatic carbocycles. The van der Waals surface area contributed by atoms with Crippen molar-refractivity contribution in [3.8, 4) is 0 Å². The monoisotopic (exact) mass is 242 g/mol. The average molecular weight is 242 g/mol. The van der Waals surface area contributed by atoms with Crippen LogP contribution in [-0.4, -0.2) is 36.9 Å². The molecule has 0 spiro atoms. The molecule has 0 aromatic heterocycles. The quantitative estimate of drug-likeness (QED) is 0.705. The van der Waals surface area contributed by atoms with Gasteiger partial charge in [0.25, 0.3) is 0 Å². The van der Waals surface area contributed by atoms with Crippen LogP contribution >= 0.6 is 0 Å². The van der Waals surface area contributed by atoms with Gasteiger partial charge in [-0.2, -0.15) is 0 Å². The maximum atomic E-state index is 11.6. The third-order valence-corrected chi connectivity index (χ3v) is 2.86. The summed E-state index contributed by atoms with van der Waals surface area (Å²) in [4.78, 5) is 24.9. The Kier molecular flexibility index (Phi) is 8.46. The molecule has 1 N–H and O–H groups in total. The number of nitrogens with zero attached hydrogens (tertiary/aromatic N) is 1. The third kappa shape index (κ3) is 6.97. The number of nitrogens with one attached hydrogen (secondary N) is 1. The predicted octanol–water partition coefficient (Wildman–Crippen LogP) is 1.80. The lowest BCUT2D eigenvalue weighted by molar-refractivity contribution is -0.132. The predicted molar refractivity (Wildman–Crippen MR) is 69.6 cm³/mol. The molecule has 0 heterocycles. The van der Waals surface area contributed by atoms with Crippen LogP contribution in [0, 0.1) is 5.92 Å². The Balaban J connectivity index is 3.86. The van der Waals surface area contributed by atoms with Crippen LogP contribution in [0.4, 0.5) is 0 Å². The third-order valence-electron chi connectivity index (χ3n) is 2.86. The van der Waals surface area contributed by atoms with Gasteiger partial charge in [0.15, 0.2) is 0 Å². The molecular weight excluding hydrogens is 216 g/mol. The molecule has 0 aliphatic rings. The molecule has 0 aliphatic heterocycles. The molecule has 4 nitrogen and oxygen atoms in total. The maximum absolute atomic E-state index is 11.6. The van der Waals surface area contributed by atoms with E-state index in [9.17, 15) is 9.59 Å². The van der Waals surface area contributed by atoms with Gasteiger partial charge in [-0.15, -0.1) is 0 Å². The van der Waals surface area contributed by atoms with Crippen LogP contribution in [0.1, 0.15) is 46.5 Å².